The Morgan fingerprint density at radius 2 is 2.67 bits per heavy atom. The number of amides is 1. The first-order valence-corrected chi connectivity index (χ1v) is 5.37. The molecule has 1 saturated heterocycles. The Bertz CT molecular complexity index is 341. The summed E-state index contributed by atoms with van der Waals surface area (Å²) in [7, 11) is 0. The highest BCUT2D eigenvalue weighted by Gasteiger charge is 2.22. The quantitative estimate of drug-likeness (QED) is 0.764. The van der Waals surface area contributed by atoms with Gasteiger partial charge in [0.1, 0.15) is 5.82 Å². The molecule has 5 nitrogen and oxygen atoms in total. The third kappa shape index (κ3) is 2.18. The van der Waals surface area contributed by atoms with Gasteiger partial charge in [0.2, 0.25) is 5.91 Å². The lowest BCUT2D eigenvalue weighted by atomic mass is 10.2. The molecule has 1 aromatic rings. The van der Waals surface area contributed by atoms with Gasteiger partial charge in [-0.3, -0.25) is 4.79 Å². The van der Waals surface area contributed by atoms with Gasteiger partial charge >= 0.3 is 0 Å². The van der Waals surface area contributed by atoms with E-state index in [9.17, 15) is 4.79 Å². The van der Waals surface area contributed by atoms with Crippen molar-refractivity contribution in [2.75, 3.05) is 11.9 Å². The van der Waals surface area contributed by atoms with Gasteiger partial charge in [0.15, 0.2) is 0 Å². The lowest BCUT2D eigenvalue weighted by Gasteiger charge is -2.11. The summed E-state index contributed by atoms with van der Waals surface area (Å²) < 4.78 is 1.77. The maximum Gasteiger partial charge on any atom is 0.242 e. The Hall–Kier alpha value is -1.36. The van der Waals surface area contributed by atoms with Crippen LogP contribution in [0.5, 0.6) is 0 Å². The van der Waals surface area contributed by atoms with Crippen LogP contribution in [0, 0.1) is 0 Å². The number of nitrogens with one attached hydrogen (secondary N) is 2. The van der Waals surface area contributed by atoms with Crippen molar-refractivity contribution in [1.82, 2.24) is 15.1 Å². The lowest BCUT2D eigenvalue weighted by Crippen LogP contribution is -2.36. The molecule has 0 saturated carbocycles. The largest absolute Gasteiger partial charge is 0.310 e. The van der Waals surface area contributed by atoms with Crippen LogP contribution in [0.2, 0.25) is 0 Å². The number of anilines is 1. The molecular formula is C10H16N4O. The maximum absolute atomic E-state index is 11.8. The molecule has 0 aromatic carbocycles. The molecule has 0 spiro atoms. The molecular weight excluding hydrogens is 192 g/mol. The number of carbonyl (C=O) groups is 1. The first-order chi connectivity index (χ1) is 7.31. The van der Waals surface area contributed by atoms with E-state index in [4.69, 9.17) is 0 Å². The van der Waals surface area contributed by atoms with E-state index in [0.29, 0.717) is 0 Å². The molecule has 0 bridgehead atoms. The van der Waals surface area contributed by atoms with E-state index in [0.717, 1.165) is 31.7 Å². The van der Waals surface area contributed by atoms with Crippen molar-refractivity contribution in [3.05, 3.63) is 12.3 Å². The minimum atomic E-state index is -0.0368. The van der Waals surface area contributed by atoms with Crippen molar-refractivity contribution < 1.29 is 4.79 Å². The van der Waals surface area contributed by atoms with Crippen LogP contribution in [0.25, 0.3) is 0 Å². The molecule has 0 radical (unpaired) electrons. The van der Waals surface area contributed by atoms with Crippen LogP contribution < -0.4 is 10.6 Å². The van der Waals surface area contributed by atoms with Gasteiger partial charge in [-0.2, -0.15) is 5.10 Å². The second-order valence-electron chi connectivity index (χ2n) is 3.67. The van der Waals surface area contributed by atoms with Crippen molar-refractivity contribution in [3.8, 4) is 0 Å². The van der Waals surface area contributed by atoms with E-state index in [1.165, 1.54) is 0 Å². The van der Waals surface area contributed by atoms with E-state index in [-0.39, 0.29) is 11.9 Å². The molecule has 1 atom stereocenters. The van der Waals surface area contributed by atoms with Crippen molar-refractivity contribution >= 4 is 11.7 Å². The zero-order chi connectivity index (χ0) is 10.7. The molecule has 2 N–H and O–H groups in total. The Kier molecular flexibility index (Phi) is 3.01. The maximum atomic E-state index is 11.8. The summed E-state index contributed by atoms with van der Waals surface area (Å²) in [5.74, 6) is 0.818. The van der Waals surface area contributed by atoms with Gasteiger partial charge in [-0.05, 0) is 26.3 Å². The highest BCUT2D eigenvalue weighted by molar-refractivity contribution is 5.94. The highest BCUT2D eigenvalue weighted by Crippen LogP contribution is 2.10. The molecule has 1 amide bonds. The molecule has 1 unspecified atom stereocenters. The fourth-order valence-electron chi connectivity index (χ4n) is 1.81. The van der Waals surface area contributed by atoms with Crippen LogP contribution in [0.3, 0.4) is 0 Å². The predicted molar refractivity (Wildman–Crippen MR) is 57.6 cm³/mol. The number of hydrogen-bond donors (Lipinski definition) is 2. The fraction of sp³-hybridized carbons (Fsp3) is 0.600. The van der Waals surface area contributed by atoms with E-state index < -0.39 is 0 Å². The van der Waals surface area contributed by atoms with Gasteiger partial charge in [0, 0.05) is 12.6 Å². The van der Waals surface area contributed by atoms with Gasteiger partial charge in [-0.1, -0.05) is 0 Å². The topological polar surface area (TPSA) is 59.0 Å². The van der Waals surface area contributed by atoms with Gasteiger partial charge in [0.25, 0.3) is 0 Å². The average molecular weight is 208 g/mol. The lowest BCUT2D eigenvalue weighted by molar-refractivity contribution is -0.117. The third-order valence-corrected chi connectivity index (χ3v) is 2.64. The molecule has 1 aliphatic heterocycles. The second-order valence-corrected chi connectivity index (χ2v) is 3.67. The number of rotatable bonds is 3. The fourth-order valence-corrected chi connectivity index (χ4v) is 1.81. The summed E-state index contributed by atoms with van der Waals surface area (Å²) in [6, 6.07) is 1.78. The molecule has 0 aliphatic carbocycles. The first kappa shape index (κ1) is 10.2. The van der Waals surface area contributed by atoms with Crippen molar-refractivity contribution in [3.63, 3.8) is 0 Å². The minimum absolute atomic E-state index is 0.0368. The smallest absolute Gasteiger partial charge is 0.242 e. The number of aryl methyl sites for hydroxylation is 1. The van der Waals surface area contributed by atoms with E-state index in [1.54, 1.807) is 10.9 Å². The third-order valence-electron chi connectivity index (χ3n) is 2.64. The summed E-state index contributed by atoms with van der Waals surface area (Å²) in [6.07, 6.45) is 3.69. The molecule has 1 fully saturated rings. The van der Waals surface area contributed by atoms with Gasteiger partial charge in [-0.15, -0.1) is 0 Å². The van der Waals surface area contributed by atoms with Gasteiger partial charge in [-0.25, -0.2) is 4.68 Å². The molecule has 2 heterocycles. The van der Waals surface area contributed by atoms with Gasteiger partial charge in [0.05, 0.1) is 12.2 Å². The van der Waals surface area contributed by atoms with Crippen molar-refractivity contribution in [1.29, 1.82) is 0 Å². The summed E-state index contributed by atoms with van der Waals surface area (Å²) in [5, 5.41) is 10.1. The second kappa shape index (κ2) is 4.44. The molecule has 82 valence electrons. The molecule has 1 aliphatic rings. The van der Waals surface area contributed by atoms with Gasteiger partial charge < -0.3 is 10.6 Å². The first-order valence-electron chi connectivity index (χ1n) is 5.37. The molecule has 1 aromatic heterocycles. The van der Waals surface area contributed by atoms with Crippen LogP contribution in [0.15, 0.2) is 12.3 Å². The Labute approximate surface area is 88.8 Å². The predicted octanol–water partition coefficient (Wildman–Crippen LogP) is 0.593. The van der Waals surface area contributed by atoms with Crippen molar-refractivity contribution in [2.45, 2.75) is 32.4 Å². The number of carbonyl (C=O) groups excluding carboxylic acids is 1. The summed E-state index contributed by atoms with van der Waals surface area (Å²) in [4.78, 5) is 11.8. The van der Waals surface area contributed by atoms with E-state index in [1.807, 2.05) is 13.0 Å². The monoisotopic (exact) mass is 208 g/mol. The highest BCUT2D eigenvalue weighted by atomic mass is 16.2. The standard InChI is InChI=1S/C10H16N4O/c1-2-14-9(5-7-12-14)13-10(15)8-4-3-6-11-8/h5,7-8,11H,2-4,6H2,1H3,(H,13,15). The SMILES string of the molecule is CCn1nccc1NC(=O)C1CCCN1. The Morgan fingerprint density at radius 1 is 1.80 bits per heavy atom. The summed E-state index contributed by atoms with van der Waals surface area (Å²) >= 11 is 0. The molecule has 2 rings (SSSR count). The van der Waals surface area contributed by atoms with Crippen LogP contribution in [-0.2, 0) is 11.3 Å². The molecule has 15 heavy (non-hydrogen) atoms. The van der Waals surface area contributed by atoms with E-state index in [2.05, 4.69) is 15.7 Å². The summed E-state index contributed by atoms with van der Waals surface area (Å²) in [6.45, 7) is 3.70. The minimum Gasteiger partial charge on any atom is -0.310 e. The normalized spacial score (nSPS) is 20.5. The number of nitrogens with zero attached hydrogens (tertiary/aromatic N) is 2. The number of hydrogen-bond acceptors (Lipinski definition) is 3. The Balaban J connectivity index is 1.98. The summed E-state index contributed by atoms with van der Waals surface area (Å²) in [5.41, 5.74) is 0. The zero-order valence-corrected chi connectivity index (χ0v) is 8.86. The van der Waals surface area contributed by atoms with Crippen LogP contribution in [0.4, 0.5) is 5.82 Å². The molecule has 5 heteroatoms. The van der Waals surface area contributed by atoms with Crippen LogP contribution in [0.1, 0.15) is 19.8 Å². The van der Waals surface area contributed by atoms with E-state index >= 15 is 0 Å². The zero-order valence-electron chi connectivity index (χ0n) is 8.86. The average Bonchev–Trinajstić information content (AvgIpc) is 2.87. The van der Waals surface area contributed by atoms with Crippen molar-refractivity contribution in [2.24, 2.45) is 0 Å². The Morgan fingerprint density at radius 3 is 3.33 bits per heavy atom. The van der Waals surface area contributed by atoms with Crippen LogP contribution in [-0.4, -0.2) is 28.3 Å². The van der Waals surface area contributed by atoms with Crippen LogP contribution >= 0.6 is 0 Å². The number of aromatic nitrogens is 2.